The number of nitrogens with zero attached hydrogens (tertiary/aromatic N) is 2. The number of anilines is 1. The summed E-state index contributed by atoms with van der Waals surface area (Å²) in [5.74, 6) is -1.46. The Labute approximate surface area is 142 Å². The lowest BCUT2D eigenvalue weighted by Gasteiger charge is -2.43. The van der Waals surface area contributed by atoms with E-state index in [4.69, 9.17) is 5.73 Å². The molecule has 3 rings (SSSR count). The Hall–Kier alpha value is -2.29. The van der Waals surface area contributed by atoms with Crippen molar-refractivity contribution in [3.63, 3.8) is 0 Å². The van der Waals surface area contributed by atoms with Crippen molar-refractivity contribution in [2.45, 2.75) is 42.5 Å². The maximum atomic E-state index is 12.3. The van der Waals surface area contributed by atoms with Crippen LogP contribution in [0, 0.1) is 0 Å². The van der Waals surface area contributed by atoms with E-state index in [0.29, 0.717) is 5.56 Å². The van der Waals surface area contributed by atoms with Gasteiger partial charge in [-0.1, -0.05) is 6.07 Å². The summed E-state index contributed by atoms with van der Waals surface area (Å²) in [5, 5.41) is 11.7. The van der Waals surface area contributed by atoms with Gasteiger partial charge in [-0.25, -0.2) is 9.78 Å². The Morgan fingerprint density at radius 1 is 1.50 bits per heavy atom. The van der Waals surface area contributed by atoms with Gasteiger partial charge in [-0.15, -0.1) is 11.8 Å². The predicted octanol–water partition coefficient (Wildman–Crippen LogP) is -0.162. The van der Waals surface area contributed by atoms with Crippen molar-refractivity contribution in [2.24, 2.45) is 0 Å². The van der Waals surface area contributed by atoms with Crippen LogP contribution in [0.3, 0.4) is 0 Å². The number of hydrogen-bond acceptors (Lipinski definition) is 6. The predicted molar refractivity (Wildman–Crippen MR) is 88.0 cm³/mol. The Morgan fingerprint density at radius 3 is 2.83 bits per heavy atom. The highest BCUT2D eigenvalue weighted by Crippen LogP contribution is 2.50. The third-order valence-electron chi connectivity index (χ3n) is 4.27. The Bertz CT molecular complexity index is 723. The van der Waals surface area contributed by atoms with Gasteiger partial charge in [0.25, 0.3) is 0 Å². The molecule has 24 heavy (non-hydrogen) atoms. The molecular weight excluding hydrogens is 332 g/mol. The van der Waals surface area contributed by atoms with Gasteiger partial charge in [0.15, 0.2) is 0 Å². The first-order chi connectivity index (χ1) is 11.2. The fraction of sp³-hybridized carbons (Fsp3) is 0.467. The van der Waals surface area contributed by atoms with E-state index in [0.717, 1.165) is 0 Å². The number of amides is 2. The Balaban J connectivity index is 1.68. The minimum absolute atomic E-state index is 0.0204. The molecule has 0 spiro atoms. The Kier molecular flexibility index (Phi) is 3.90. The van der Waals surface area contributed by atoms with Crippen LogP contribution in [0.1, 0.15) is 19.4 Å². The third kappa shape index (κ3) is 2.58. The zero-order chi connectivity index (χ0) is 17.6. The summed E-state index contributed by atoms with van der Waals surface area (Å²) < 4.78 is -0.612. The number of aliphatic carboxylic acids is 1. The number of nitrogen functional groups attached to an aromatic ring is 1. The number of aromatic nitrogens is 1. The molecule has 2 fully saturated rings. The molecule has 9 heteroatoms. The van der Waals surface area contributed by atoms with Crippen molar-refractivity contribution in [2.75, 3.05) is 5.73 Å². The highest BCUT2D eigenvalue weighted by molar-refractivity contribution is 8.01. The summed E-state index contributed by atoms with van der Waals surface area (Å²) in [6.45, 7) is 3.58. The molecule has 2 aliphatic heterocycles. The zero-order valence-corrected chi connectivity index (χ0v) is 14.0. The van der Waals surface area contributed by atoms with Crippen LogP contribution in [0.15, 0.2) is 18.3 Å². The van der Waals surface area contributed by atoms with Gasteiger partial charge in [0.2, 0.25) is 11.8 Å². The first-order valence-corrected chi connectivity index (χ1v) is 8.32. The van der Waals surface area contributed by atoms with Crippen LogP contribution in [0.2, 0.25) is 0 Å². The van der Waals surface area contributed by atoms with Crippen molar-refractivity contribution in [3.8, 4) is 0 Å². The smallest absolute Gasteiger partial charge is 0.327 e. The lowest BCUT2D eigenvalue weighted by molar-refractivity contribution is -0.161. The minimum atomic E-state index is -1.03. The van der Waals surface area contributed by atoms with E-state index in [2.05, 4.69) is 10.3 Å². The van der Waals surface area contributed by atoms with Gasteiger partial charge in [0.1, 0.15) is 23.3 Å². The molecule has 2 saturated heterocycles. The number of rotatable bonds is 4. The molecule has 0 aliphatic carbocycles. The molecule has 0 aromatic carbocycles. The van der Waals surface area contributed by atoms with Gasteiger partial charge in [0.05, 0.1) is 6.42 Å². The van der Waals surface area contributed by atoms with Crippen molar-refractivity contribution in [3.05, 3.63) is 23.9 Å². The fourth-order valence-electron chi connectivity index (χ4n) is 3.14. The second-order valence-electron chi connectivity index (χ2n) is 6.37. The topological polar surface area (TPSA) is 126 Å². The summed E-state index contributed by atoms with van der Waals surface area (Å²) in [7, 11) is 0. The Morgan fingerprint density at radius 2 is 2.21 bits per heavy atom. The van der Waals surface area contributed by atoms with Crippen LogP contribution >= 0.6 is 11.8 Å². The number of carbonyl (C=O) groups is 3. The number of carboxylic acid groups (broad SMARTS) is 1. The van der Waals surface area contributed by atoms with Gasteiger partial charge in [-0.05, 0) is 19.9 Å². The summed E-state index contributed by atoms with van der Waals surface area (Å²) in [6, 6.07) is 1.79. The quantitative estimate of drug-likeness (QED) is 0.644. The number of nitrogens with two attached hydrogens (primary N) is 1. The maximum Gasteiger partial charge on any atom is 0.327 e. The van der Waals surface area contributed by atoms with Gasteiger partial charge in [0, 0.05) is 16.5 Å². The number of β-lactam (4-membered cyclic amide) rings is 1. The number of pyridine rings is 1. The zero-order valence-electron chi connectivity index (χ0n) is 13.2. The molecule has 0 saturated carbocycles. The van der Waals surface area contributed by atoms with Crippen molar-refractivity contribution < 1.29 is 19.5 Å². The molecule has 2 amide bonds. The van der Waals surface area contributed by atoms with E-state index in [1.54, 1.807) is 26.0 Å². The number of hydrogen-bond donors (Lipinski definition) is 3. The molecule has 0 unspecified atom stereocenters. The van der Waals surface area contributed by atoms with E-state index in [1.807, 2.05) is 0 Å². The van der Waals surface area contributed by atoms with Crippen molar-refractivity contribution >= 4 is 35.4 Å². The summed E-state index contributed by atoms with van der Waals surface area (Å²) in [5.41, 5.74) is 6.30. The first kappa shape index (κ1) is 16.6. The van der Waals surface area contributed by atoms with Crippen LogP contribution in [0.4, 0.5) is 5.82 Å². The number of carbonyl (C=O) groups excluding carboxylic acids is 2. The summed E-state index contributed by atoms with van der Waals surface area (Å²) in [6.07, 6.45) is 1.56. The molecule has 0 bridgehead atoms. The molecule has 1 aromatic rings. The molecule has 3 atom stereocenters. The molecule has 3 heterocycles. The van der Waals surface area contributed by atoms with Crippen LogP contribution < -0.4 is 11.1 Å². The molecule has 1 aromatic heterocycles. The van der Waals surface area contributed by atoms with Crippen LogP contribution in [-0.2, 0) is 20.8 Å². The second kappa shape index (κ2) is 5.66. The maximum absolute atomic E-state index is 12.3. The van der Waals surface area contributed by atoms with Crippen LogP contribution in [0.25, 0.3) is 0 Å². The van der Waals surface area contributed by atoms with E-state index >= 15 is 0 Å². The van der Waals surface area contributed by atoms with Crippen molar-refractivity contribution in [1.82, 2.24) is 15.2 Å². The van der Waals surface area contributed by atoms with E-state index in [9.17, 15) is 19.5 Å². The van der Waals surface area contributed by atoms with E-state index in [-0.39, 0.29) is 29.4 Å². The van der Waals surface area contributed by atoms with E-state index in [1.165, 1.54) is 22.9 Å². The molecule has 8 nitrogen and oxygen atoms in total. The molecule has 0 radical (unpaired) electrons. The van der Waals surface area contributed by atoms with Gasteiger partial charge in [-0.2, -0.15) is 0 Å². The third-order valence-corrected chi connectivity index (χ3v) is 5.84. The van der Waals surface area contributed by atoms with Crippen LogP contribution in [-0.4, -0.2) is 55.0 Å². The van der Waals surface area contributed by atoms with Crippen LogP contribution in [0.5, 0.6) is 0 Å². The highest BCUT2D eigenvalue weighted by Gasteiger charge is 2.64. The summed E-state index contributed by atoms with van der Waals surface area (Å²) >= 11 is 1.39. The average molecular weight is 350 g/mol. The number of carboxylic acids is 1. The van der Waals surface area contributed by atoms with Gasteiger partial charge < -0.3 is 21.1 Å². The number of nitrogens with one attached hydrogen (secondary N) is 1. The second-order valence-corrected chi connectivity index (χ2v) is 8.14. The van der Waals surface area contributed by atoms with Gasteiger partial charge >= 0.3 is 5.97 Å². The lowest BCUT2D eigenvalue weighted by atomic mass is 9.96. The molecule has 128 valence electrons. The van der Waals surface area contributed by atoms with Crippen molar-refractivity contribution in [1.29, 1.82) is 0 Å². The summed E-state index contributed by atoms with van der Waals surface area (Å²) in [4.78, 5) is 41.2. The van der Waals surface area contributed by atoms with Gasteiger partial charge in [-0.3, -0.25) is 9.59 Å². The largest absolute Gasteiger partial charge is 0.480 e. The molecule has 2 aliphatic rings. The molecular formula is C15H18N4O4S. The standard InChI is InChI=1S/C15H18N4O4S/c1-15(2)10(14(22)23)19-12(21)9(13(19)24-15)18-8(20)6-7-4-3-5-17-11(7)16/h3-5,9-10,13H,6H2,1-2H3,(H2,16,17)(H,18,20)(H,22,23)/t9-,10+,13-/m1/s1. The number of thioether (sulfide) groups is 1. The first-order valence-electron chi connectivity index (χ1n) is 7.44. The van der Waals surface area contributed by atoms with E-state index < -0.39 is 22.8 Å². The minimum Gasteiger partial charge on any atom is -0.480 e. The number of fused-ring (bicyclic) bond motifs is 1. The highest BCUT2D eigenvalue weighted by atomic mass is 32.2. The lowest BCUT2D eigenvalue weighted by Crippen LogP contribution is -2.70. The fourth-order valence-corrected chi connectivity index (χ4v) is 4.77. The molecule has 4 N–H and O–H groups in total. The SMILES string of the molecule is CC1(C)S[C@@H]2[C@H](NC(=O)Cc3cccnc3N)C(=O)N2[C@H]1C(=O)O. The normalized spacial score (nSPS) is 27.3. The average Bonchev–Trinajstić information content (AvgIpc) is 2.76. The monoisotopic (exact) mass is 350 g/mol.